The SMILES string of the molecule is CN(CC(=O)Nc1c(Cl)cccc1Cl)C(=O)c1cccc(OCC2CCCO2)c1. The van der Waals surface area contributed by atoms with E-state index in [-0.39, 0.29) is 18.6 Å². The molecular formula is C21H22Cl2N2O4. The summed E-state index contributed by atoms with van der Waals surface area (Å²) in [6, 6.07) is 11.8. The lowest BCUT2D eigenvalue weighted by molar-refractivity contribution is -0.116. The summed E-state index contributed by atoms with van der Waals surface area (Å²) in [6.07, 6.45) is 2.11. The van der Waals surface area contributed by atoms with Gasteiger partial charge < -0.3 is 19.7 Å². The Balaban J connectivity index is 1.57. The van der Waals surface area contributed by atoms with Crippen LogP contribution in [0.1, 0.15) is 23.2 Å². The fourth-order valence-electron chi connectivity index (χ4n) is 2.99. The van der Waals surface area contributed by atoms with Crippen LogP contribution in [-0.4, -0.2) is 49.6 Å². The fourth-order valence-corrected chi connectivity index (χ4v) is 3.48. The summed E-state index contributed by atoms with van der Waals surface area (Å²) in [4.78, 5) is 26.3. The van der Waals surface area contributed by atoms with Gasteiger partial charge in [0.2, 0.25) is 5.91 Å². The van der Waals surface area contributed by atoms with E-state index < -0.39 is 5.91 Å². The lowest BCUT2D eigenvalue weighted by Crippen LogP contribution is -2.35. The molecule has 1 heterocycles. The normalized spacial score (nSPS) is 15.8. The second kappa shape index (κ2) is 9.96. The third-order valence-electron chi connectivity index (χ3n) is 4.50. The molecule has 1 atom stereocenters. The minimum Gasteiger partial charge on any atom is -0.491 e. The van der Waals surface area contributed by atoms with Gasteiger partial charge in [0.15, 0.2) is 0 Å². The van der Waals surface area contributed by atoms with Gasteiger partial charge in [-0.2, -0.15) is 0 Å². The third kappa shape index (κ3) is 5.85. The highest BCUT2D eigenvalue weighted by Gasteiger charge is 2.19. The predicted molar refractivity (Wildman–Crippen MR) is 113 cm³/mol. The van der Waals surface area contributed by atoms with Crippen LogP contribution in [0.3, 0.4) is 0 Å². The Hall–Kier alpha value is -2.28. The van der Waals surface area contributed by atoms with Gasteiger partial charge >= 0.3 is 0 Å². The summed E-state index contributed by atoms with van der Waals surface area (Å²) >= 11 is 12.1. The number of halogens is 2. The molecule has 1 saturated heterocycles. The van der Waals surface area contributed by atoms with Crippen molar-refractivity contribution in [1.82, 2.24) is 4.90 Å². The monoisotopic (exact) mass is 436 g/mol. The molecule has 154 valence electrons. The molecule has 0 aliphatic carbocycles. The number of benzene rings is 2. The summed E-state index contributed by atoms with van der Waals surface area (Å²) in [5.74, 6) is -0.110. The van der Waals surface area contributed by atoms with Crippen molar-refractivity contribution in [2.24, 2.45) is 0 Å². The molecule has 1 fully saturated rings. The molecule has 6 nitrogen and oxygen atoms in total. The molecule has 0 spiro atoms. The van der Waals surface area contributed by atoms with Crippen LogP contribution in [0.15, 0.2) is 42.5 Å². The van der Waals surface area contributed by atoms with Gasteiger partial charge in [0, 0.05) is 19.2 Å². The molecule has 0 aromatic heterocycles. The first-order chi connectivity index (χ1) is 13.9. The number of carbonyl (C=O) groups excluding carboxylic acids is 2. The minimum atomic E-state index is -0.401. The molecule has 2 aromatic rings. The molecule has 1 unspecified atom stereocenters. The molecule has 29 heavy (non-hydrogen) atoms. The summed E-state index contributed by atoms with van der Waals surface area (Å²) in [5.41, 5.74) is 0.757. The van der Waals surface area contributed by atoms with E-state index in [9.17, 15) is 9.59 Å². The number of nitrogens with one attached hydrogen (secondary N) is 1. The van der Waals surface area contributed by atoms with Gasteiger partial charge in [0.25, 0.3) is 5.91 Å². The summed E-state index contributed by atoms with van der Waals surface area (Å²) in [6.45, 7) is 1.06. The van der Waals surface area contributed by atoms with Crippen LogP contribution >= 0.6 is 23.2 Å². The Kier molecular flexibility index (Phi) is 7.36. The van der Waals surface area contributed by atoms with Crippen LogP contribution in [0.2, 0.25) is 10.0 Å². The molecule has 0 radical (unpaired) electrons. The standard InChI is InChI=1S/C21H22Cl2N2O4/c1-25(12-19(26)24-20-17(22)8-3-9-18(20)23)21(27)14-5-2-6-15(11-14)29-13-16-7-4-10-28-16/h2-3,5-6,8-9,11,16H,4,7,10,12-13H2,1H3,(H,24,26). The van der Waals surface area contributed by atoms with Crippen LogP contribution in [0.4, 0.5) is 5.69 Å². The highest BCUT2D eigenvalue weighted by molar-refractivity contribution is 6.39. The zero-order valence-corrected chi connectivity index (χ0v) is 17.5. The lowest BCUT2D eigenvalue weighted by atomic mass is 10.2. The second-order valence-corrected chi connectivity index (χ2v) is 7.59. The molecule has 1 aliphatic rings. The Morgan fingerprint density at radius 1 is 1.21 bits per heavy atom. The van der Waals surface area contributed by atoms with Crippen molar-refractivity contribution >= 4 is 40.7 Å². The van der Waals surface area contributed by atoms with Gasteiger partial charge in [-0.15, -0.1) is 0 Å². The van der Waals surface area contributed by atoms with Crippen molar-refractivity contribution in [3.63, 3.8) is 0 Å². The number of amides is 2. The first-order valence-electron chi connectivity index (χ1n) is 9.28. The van der Waals surface area contributed by atoms with E-state index in [1.807, 2.05) is 0 Å². The Morgan fingerprint density at radius 2 is 1.93 bits per heavy atom. The summed E-state index contributed by atoms with van der Waals surface area (Å²) in [7, 11) is 1.55. The molecule has 0 saturated carbocycles. The summed E-state index contributed by atoms with van der Waals surface area (Å²) < 4.78 is 11.3. The van der Waals surface area contributed by atoms with E-state index in [0.717, 1.165) is 19.4 Å². The number of nitrogens with zero attached hydrogens (tertiary/aromatic N) is 1. The number of rotatable bonds is 7. The molecule has 1 aliphatic heterocycles. The number of anilines is 1. The number of hydrogen-bond acceptors (Lipinski definition) is 4. The minimum absolute atomic E-state index is 0.0948. The van der Waals surface area contributed by atoms with E-state index in [0.29, 0.717) is 33.7 Å². The molecular weight excluding hydrogens is 415 g/mol. The molecule has 2 amide bonds. The average Bonchev–Trinajstić information content (AvgIpc) is 3.22. The zero-order chi connectivity index (χ0) is 20.8. The van der Waals surface area contributed by atoms with E-state index in [2.05, 4.69) is 5.32 Å². The number of hydrogen-bond donors (Lipinski definition) is 1. The first-order valence-corrected chi connectivity index (χ1v) is 10.0. The maximum absolute atomic E-state index is 12.7. The molecule has 1 N–H and O–H groups in total. The zero-order valence-electron chi connectivity index (χ0n) is 16.0. The van der Waals surface area contributed by atoms with Crippen LogP contribution in [-0.2, 0) is 9.53 Å². The number of para-hydroxylation sites is 1. The predicted octanol–water partition coefficient (Wildman–Crippen LogP) is 4.26. The molecule has 2 aromatic carbocycles. The average molecular weight is 437 g/mol. The fraction of sp³-hybridized carbons (Fsp3) is 0.333. The molecule has 3 rings (SSSR count). The van der Waals surface area contributed by atoms with Crippen molar-refractivity contribution < 1.29 is 19.1 Å². The van der Waals surface area contributed by atoms with Crippen molar-refractivity contribution in [3.8, 4) is 5.75 Å². The van der Waals surface area contributed by atoms with Crippen LogP contribution in [0.5, 0.6) is 5.75 Å². The first kappa shape index (κ1) is 21.4. The van der Waals surface area contributed by atoms with E-state index in [4.69, 9.17) is 32.7 Å². The van der Waals surface area contributed by atoms with Crippen LogP contribution in [0, 0.1) is 0 Å². The van der Waals surface area contributed by atoms with Gasteiger partial charge in [0.1, 0.15) is 12.4 Å². The third-order valence-corrected chi connectivity index (χ3v) is 5.13. The number of carbonyl (C=O) groups is 2. The second-order valence-electron chi connectivity index (χ2n) is 6.78. The van der Waals surface area contributed by atoms with Gasteiger partial charge in [-0.3, -0.25) is 9.59 Å². The van der Waals surface area contributed by atoms with Gasteiger partial charge in [-0.25, -0.2) is 0 Å². The smallest absolute Gasteiger partial charge is 0.254 e. The van der Waals surface area contributed by atoms with E-state index in [1.165, 1.54) is 4.90 Å². The largest absolute Gasteiger partial charge is 0.491 e. The quantitative estimate of drug-likeness (QED) is 0.703. The van der Waals surface area contributed by atoms with E-state index in [1.54, 1.807) is 49.5 Å². The Morgan fingerprint density at radius 3 is 2.62 bits per heavy atom. The van der Waals surface area contributed by atoms with Crippen LogP contribution < -0.4 is 10.1 Å². The highest BCUT2D eigenvalue weighted by atomic mass is 35.5. The molecule has 0 bridgehead atoms. The Labute approximate surface area is 179 Å². The van der Waals surface area contributed by atoms with Gasteiger partial charge in [0.05, 0.1) is 28.4 Å². The Bertz CT molecular complexity index is 864. The van der Waals surface area contributed by atoms with Gasteiger partial charge in [-0.1, -0.05) is 35.3 Å². The van der Waals surface area contributed by atoms with Crippen molar-refractivity contribution in [2.75, 3.05) is 32.1 Å². The van der Waals surface area contributed by atoms with E-state index >= 15 is 0 Å². The van der Waals surface area contributed by atoms with Crippen molar-refractivity contribution in [2.45, 2.75) is 18.9 Å². The van der Waals surface area contributed by atoms with Gasteiger partial charge in [-0.05, 0) is 43.2 Å². The summed E-state index contributed by atoms with van der Waals surface area (Å²) in [5, 5.41) is 3.30. The number of likely N-dealkylation sites (N-methyl/N-ethyl adjacent to an activating group) is 1. The topological polar surface area (TPSA) is 67.9 Å². The molecule has 8 heteroatoms. The lowest BCUT2D eigenvalue weighted by Gasteiger charge is -2.18. The van der Waals surface area contributed by atoms with Crippen LogP contribution in [0.25, 0.3) is 0 Å². The highest BCUT2D eigenvalue weighted by Crippen LogP contribution is 2.29. The maximum Gasteiger partial charge on any atom is 0.254 e. The number of ether oxygens (including phenoxy) is 2. The van der Waals surface area contributed by atoms with Crippen molar-refractivity contribution in [1.29, 1.82) is 0 Å². The maximum atomic E-state index is 12.7. The van der Waals surface area contributed by atoms with Crippen molar-refractivity contribution in [3.05, 3.63) is 58.1 Å².